The summed E-state index contributed by atoms with van der Waals surface area (Å²) in [4.78, 5) is 7.25. The molecule has 68 heavy (non-hydrogen) atoms. The van der Waals surface area contributed by atoms with Crippen LogP contribution in [0.25, 0.3) is 0 Å². The highest BCUT2D eigenvalue weighted by Crippen LogP contribution is 1.96. The maximum atomic E-state index is 10.4. The van der Waals surface area contributed by atoms with Gasteiger partial charge in [0.05, 0.1) is 151 Å². The van der Waals surface area contributed by atoms with Crippen molar-refractivity contribution < 1.29 is 67.4 Å². The van der Waals surface area contributed by atoms with Gasteiger partial charge in [0, 0.05) is 139 Å². The third-order valence-corrected chi connectivity index (χ3v) is 10.0. The van der Waals surface area contributed by atoms with Gasteiger partial charge in [0.15, 0.2) is 0 Å². The lowest BCUT2D eigenvalue weighted by Gasteiger charge is -2.28. The summed E-state index contributed by atoms with van der Waals surface area (Å²) in [6, 6.07) is 0. The second-order valence-electron chi connectivity index (χ2n) is 15.8. The zero-order valence-corrected chi connectivity index (χ0v) is 42.7. The fourth-order valence-corrected chi connectivity index (χ4v) is 6.20. The molecule has 0 aromatic carbocycles. The number of rotatable bonds is 60. The molecule has 0 aromatic heterocycles. The number of aliphatic hydroxyl groups excluding tert-OH is 3. The van der Waals surface area contributed by atoms with E-state index in [1.54, 1.807) is 21.3 Å². The Morgan fingerprint density at radius 3 is 1.19 bits per heavy atom. The van der Waals surface area contributed by atoms with Gasteiger partial charge >= 0.3 is 0 Å². The molecule has 0 bridgehead atoms. The molecule has 23 heteroatoms. The van der Waals surface area contributed by atoms with Crippen LogP contribution >= 0.6 is 0 Å². The first-order valence-corrected chi connectivity index (χ1v) is 25.0. The van der Waals surface area contributed by atoms with E-state index >= 15 is 0 Å². The Balaban J connectivity index is 4.70. The number of ether oxygens (including phenoxy) is 11. The molecule has 0 spiro atoms. The Kier molecular flexibility index (Phi) is 56.2. The van der Waals surface area contributed by atoms with E-state index in [-0.39, 0.29) is 19.8 Å². The summed E-state index contributed by atoms with van der Waals surface area (Å²) >= 11 is 0. The van der Waals surface area contributed by atoms with E-state index in [4.69, 9.17) is 57.8 Å². The average molecular weight is 992 g/mol. The molecule has 410 valence electrons. The maximum absolute atomic E-state index is 10.4. The second-order valence-corrected chi connectivity index (χ2v) is 15.8. The first-order valence-electron chi connectivity index (χ1n) is 25.0. The molecular formula is C45H101N9O14. The molecule has 0 heterocycles. The molecular weight excluding hydrogens is 891 g/mol. The van der Waals surface area contributed by atoms with Crippen molar-refractivity contribution in [3.63, 3.8) is 0 Å². The number of likely N-dealkylation sites (N-methyl/N-ethyl adjacent to an activating group) is 1. The van der Waals surface area contributed by atoms with E-state index < -0.39 is 12.2 Å². The van der Waals surface area contributed by atoms with E-state index in [1.807, 2.05) is 0 Å². The molecule has 0 rings (SSSR count). The van der Waals surface area contributed by atoms with Gasteiger partial charge in [0.25, 0.3) is 0 Å². The molecule has 0 radical (unpaired) electrons. The fourth-order valence-electron chi connectivity index (χ4n) is 6.20. The lowest BCUT2D eigenvalue weighted by atomic mass is 10.3. The van der Waals surface area contributed by atoms with Gasteiger partial charge in [-0.25, -0.2) is 0 Å². The molecule has 10 N–H and O–H groups in total. The number of nitrogens with one attached hydrogen (secondary N) is 5. The highest BCUT2D eigenvalue weighted by atomic mass is 16.6. The molecule has 0 saturated carbocycles. The summed E-state index contributed by atoms with van der Waals surface area (Å²) in [5.74, 6) is 0. The predicted molar refractivity (Wildman–Crippen MR) is 264 cm³/mol. The van der Waals surface area contributed by atoms with Crippen LogP contribution < -0.4 is 32.3 Å². The van der Waals surface area contributed by atoms with E-state index in [2.05, 4.69) is 41.3 Å². The number of nitrogens with zero attached hydrogens (tertiary/aromatic N) is 3. The van der Waals surface area contributed by atoms with Crippen molar-refractivity contribution in [1.82, 2.24) is 41.3 Å². The number of hydrogen-bond donors (Lipinski definition) is 9. The van der Waals surface area contributed by atoms with Gasteiger partial charge in [0.1, 0.15) is 0 Å². The van der Waals surface area contributed by atoms with E-state index in [9.17, 15) is 15.3 Å². The molecule has 23 nitrogen and oxygen atoms in total. The molecule has 0 amide bonds. The van der Waals surface area contributed by atoms with Crippen molar-refractivity contribution in [2.45, 2.75) is 12.2 Å². The standard InChI is InChI=1S/C45H101N9O14/c1-47-40-44(56)42-67-38-36-65-34-35-66-37-39-68-43-45(57)41-51-10-16-52(12-6-48-5-4-46)13-7-49-8-14-53(15-9-50-11-22-60-30-31-64-33-32-63-29-27-59-3)17-18-54(19-23-61-25-21-55)20-24-62-28-26-58-2/h44-45,47-51,55-57H,4-43,46H2,1-3H3. The number of hydrogen-bond acceptors (Lipinski definition) is 23. The Labute approximate surface area is 410 Å². The average Bonchev–Trinajstić information content (AvgIpc) is 3.34. The van der Waals surface area contributed by atoms with Crippen LogP contribution in [0.2, 0.25) is 0 Å². The van der Waals surface area contributed by atoms with Crippen LogP contribution in [0, 0.1) is 0 Å². The molecule has 0 aliphatic carbocycles. The zero-order valence-electron chi connectivity index (χ0n) is 42.7. The van der Waals surface area contributed by atoms with Crippen molar-refractivity contribution in [1.29, 1.82) is 0 Å². The topological polar surface area (TPSA) is 258 Å². The van der Waals surface area contributed by atoms with Gasteiger partial charge in [-0.3, -0.25) is 14.7 Å². The smallest absolute Gasteiger partial charge is 0.0897 e. The monoisotopic (exact) mass is 992 g/mol. The van der Waals surface area contributed by atoms with Crippen LogP contribution in [0.3, 0.4) is 0 Å². The van der Waals surface area contributed by atoms with Gasteiger partial charge < -0.3 is 99.7 Å². The van der Waals surface area contributed by atoms with E-state index in [0.29, 0.717) is 139 Å². The van der Waals surface area contributed by atoms with Crippen molar-refractivity contribution in [2.75, 3.05) is 284 Å². The van der Waals surface area contributed by atoms with Gasteiger partial charge in [0.2, 0.25) is 0 Å². The van der Waals surface area contributed by atoms with Crippen LogP contribution in [0.4, 0.5) is 0 Å². The lowest BCUT2D eigenvalue weighted by molar-refractivity contribution is -0.0237. The summed E-state index contributed by atoms with van der Waals surface area (Å²) in [6.45, 7) is 24.5. The first kappa shape index (κ1) is 67.1. The van der Waals surface area contributed by atoms with Crippen LogP contribution in [-0.2, 0) is 52.1 Å². The third kappa shape index (κ3) is 51.4. The van der Waals surface area contributed by atoms with Gasteiger partial charge in [-0.2, -0.15) is 0 Å². The van der Waals surface area contributed by atoms with Gasteiger partial charge in [-0.15, -0.1) is 0 Å². The number of nitrogens with two attached hydrogens (primary N) is 1. The summed E-state index contributed by atoms with van der Waals surface area (Å²) in [5.41, 5.74) is 5.71. The predicted octanol–water partition coefficient (Wildman–Crippen LogP) is -4.41. The Morgan fingerprint density at radius 1 is 0.382 bits per heavy atom. The minimum absolute atomic E-state index is 0.0127. The molecule has 0 aliphatic rings. The molecule has 0 fully saturated rings. The maximum Gasteiger partial charge on any atom is 0.0897 e. The Bertz CT molecular complexity index is 958. The van der Waals surface area contributed by atoms with Crippen molar-refractivity contribution in [3.05, 3.63) is 0 Å². The minimum atomic E-state index is -0.619. The van der Waals surface area contributed by atoms with E-state index in [0.717, 1.165) is 105 Å². The third-order valence-electron chi connectivity index (χ3n) is 10.0. The zero-order chi connectivity index (χ0) is 49.5. The van der Waals surface area contributed by atoms with Crippen molar-refractivity contribution >= 4 is 0 Å². The number of aliphatic hydroxyl groups is 3. The highest BCUT2D eigenvalue weighted by Gasteiger charge is 2.12. The fraction of sp³-hybridized carbons (Fsp3) is 1.00. The highest BCUT2D eigenvalue weighted by molar-refractivity contribution is 4.69. The molecule has 0 saturated heterocycles. The number of methoxy groups -OCH3 is 2. The molecule has 2 unspecified atom stereocenters. The first-order chi connectivity index (χ1) is 33.5. The Morgan fingerprint density at radius 2 is 0.735 bits per heavy atom. The summed E-state index contributed by atoms with van der Waals surface area (Å²) in [5, 5.41) is 46.1. The quantitative estimate of drug-likeness (QED) is 0.0261. The van der Waals surface area contributed by atoms with Gasteiger partial charge in [-0.1, -0.05) is 0 Å². The molecule has 0 aromatic rings. The Hall–Kier alpha value is -0.920. The molecule has 0 aliphatic heterocycles. The van der Waals surface area contributed by atoms with Crippen LogP contribution in [-0.4, -0.2) is 327 Å². The van der Waals surface area contributed by atoms with Gasteiger partial charge in [-0.05, 0) is 7.05 Å². The van der Waals surface area contributed by atoms with Crippen LogP contribution in [0.15, 0.2) is 0 Å². The van der Waals surface area contributed by atoms with Crippen LogP contribution in [0.1, 0.15) is 0 Å². The molecule has 2 atom stereocenters. The lowest BCUT2D eigenvalue weighted by Crippen LogP contribution is -2.45. The normalized spacial score (nSPS) is 13.0. The second kappa shape index (κ2) is 57.0. The summed E-state index contributed by atoms with van der Waals surface area (Å²) in [6.07, 6.45) is -1.14. The summed E-state index contributed by atoms with van der Waals surface area (Å²) < 4.78 is 60.1. The summed E-state index contributed by atoms with van der Waals surface area (Å²) in [7, 11) is 5.11. The largest absolute Gasteiger partial charge is 0.394 e. The van der Waals surface area contributed by atoms with E-state index in [1.165, 1.54) is 0 Å². The van der Waals surface area contributed by atoms with Crippen molar-refractivity contribution in [2.24, 2.45) is 5.73 Å². The van der Waals surface area contributed by atoms with Crippen molar-refractivity contribution in [3.8, 4) is 0 Å². The van der Waals surface area contributed by atoms with Crippen LogP contribution in [0.5, 0.6) is 0 Å². The minimum Gasteiger partial charge on any atom is -0.394 e. The SMILES string of the molecule is CNCC(O)COCCOCCOCCOCC(O)CNCCN(CCNCCN)CCNCCN(CCNCCOCCOCCOCCOC)CCN(CCOCCO)CCOCCOC.